The van der Waals surface area contributed by atoms with Gasteiger partial charge in [0.25, 0.3) is 5.22 Å². The Morgan fingerprint density at radius 3 is 2.10 bits per heavy atom. The Morgan fingerprint density at radius 2 is 1.45 bits per heavy atom. The van der Waals surface area contributed by atoms with Crippen molar-refractivity contribution in [3.63, 3.8) is 0 Å². The molecule has 1 heterocycles. The van der Waals surface area contributed by atoms with Gasteiger partial charge in [-0.3, -0.25) is 4.79 Å². The summed E-state index contributed by atoms with van der Waals surface area (Å²) < 4.78 is 5.84. The van der Waals surface area contributed by atoms with E-state index in [-0.39, 0.29) is 5.78 Å². The van der Waals surface area contributed by atoms with Crippen LogP contribution in [0.3, 0.4) is 0 Å². The molecule has 0 spiro atoms. The van der Waals surface area contributed by atoms with Crippen LogP contribution in [0.4, 0.5) is 0 Å². The first kappa shape index (κ1) is 19.2. The highest BCUT2D eigenvalue weighted by atomic mass is 32.2. The third-order valence-electron chi connectivity index (χ3n) is 4.60. The Labute approximate surface area is 174 Å². The molecule has 0 aliphatic heterocycles. The van der Waals surface area contributed by atoms with Gasteiger partial charge in [-0.25, -0.2) is 0 Å². The molecule has 0 aliphatic carbocycles. The van der Waals surface area contributed by atoms with Gasteiger partial charge >= 0.3 is 0 Å². The number of aromatic nitrogens is 2. The van der Waals surface area contributed by atoms with Crippen LogP contribution in [0.2, 0.25) is 0 Å². The highest BCUT2D eigenvalue weighted by molar-refractivity contribution is 8.00. The Kier molecular flexibility index (Phi) is 5.58. The largest absolute Gasteiger partial charge is 0.411 e. The number of thioether (sulfide) groups is 1. The maximum Gasteiger partial charge on any atom is 0.277 e. The van der Waals surface area contributed by atoms with Crippen molar-refractivity contribution in [3.8, 4) is 11.5 Å². The molecular formula is C24H20N2O2S. The molecule has 1 atom stereocenters. The first-order valence-electron chi connectivity index (χ1n) is 9.33. The maximum atomic E-state index is 13.3. The number of nitrogens with zero attached hydrogens (tertiary/aromatic N) is 2. The normalized spacial score (nSPS) is 11.9. The lowest BCUT2D eigenvalue weighted by Crippen LogP contribution is -2.10. The van der Waals surface area contributed by atoms with E-state index < -0.39 is 5.25 Å². The van der Waals surface area contributed by atoms with E-state index in [0.29, 0.717) is 16.7 Å². The zero-order valence-corrected chi connectivity index (χ0v) is 17.0. The highest BCUT2D eigenvalue weighted by Crippen LogP contribution is 2.38. The number of carbonyl (C=O) groups is 1. The number of ketones is 1. The first-order valence-corrected chi connectivity index (χ1v) is 10.2. The van der Waals surface area contributed by atoms with Crippen LogP contribution in [-0.2, 0) is 0 Å². The van der Waals surface area contributed by atoms with Gasteiger partial charge < -0.3 is 4.42 Å². The molecule has 3 aromatic carbocycles. The second kappa shape index (κ2) is 8.45. The minimum atomic E-state index is -0.470. The van der Waals surface area contributed by atoms with E-state index in [1.807, 2.05) is 92.7 Å². The van der Waals surface area contributed by atoms with Crippen LogP contribution >= 0.6 is 11.8 Å². The van der Waals surface area contributed by atoms with Crippen molar-refractivity contribution in [1.29, 1.82) is 0 Å². The van der Waals surface area contributed by atoms with Crippen LogP contribution in [0.15, 0.2) is 88.5 Å². The summed E-state index contributed by atoms with van der Waals surface area (Å²) in [6.07, 6.45) is 0. The second-order valence-electron chi connectivity index (χ2n) is 6.88. The van der Waals surface area contributed by atoms with Crippen LogP contribution in [-0.4, -0.2) is 16.0 Å². The van der Waals surface area contributed by atoms with Gasteiger partial charge in [-0.1, -0.05) is 77.9 Å². The van der Waals surface area contributed by atoms with Crippen molar-refractivity contribution in [2.75, 3.05) is 0 Å². The van der Waals surface area contributed by atoms with Gasteiger partial charge in [-0.05, 0) is 43.3 Å². The molecule has 0 amide bonds. The standard InChI is InChI=1S/C24H20N2O2S/c1-16-8-12-18(13-9-16)21(27)22(19-14-10-17(2)11-15-19)29-24-26-25-23(28-24)20-6-4-3-5-7-20/h3-15,22H,1-2H3/t22-/m1/s1. The fraction of sp³-hybridized carbons (Fsp3) is 0.125. The van der Waals surface area contributed by atoms with E-state index >= 15 is 0 Å². The van der Waals surface area contributed by atoms with Crippen molar-refractivity contribution in [2.24, 2.45) is 0 Å². The summed E-state index contributed by atoms with van der Waals surface area (Å²) >= 11 is 1.28. The smallest absolute Gasteiger partial charge is 0.277 e. The van der Waals surface area contributed by atoms with E-state index in [1.54, 1.807) is 0 Å². The van der Waals surface area contributed by atoms with Gasteiger partial charge in [-0.2, -0.15) is 0 Å². The summed E-state index contributed by atoms with van der Waals surface area (Å²) in [5.74, 6) is 0.455. The van der Waals surface area contributed by atoms with Crippen LogP contribution in [0.25, 0.3) is 11.5 Å². The topological polar surface area (TPSA) is 56.0 Å². The molecule has 1 aromatic heterocycles. The number of aryl methyl sites for hydroxylation is 2. The molecule has 144 valence electrons. The van der Waals surface area contributed by atoms with Gasteiger partial charge in [0, 0.05) is 11.1 Å². The summed E-state index contributed by atoms with van der Waals surface area (Å²) in [6.45, 7) is 4.03. The lowest BCUT2D eigenvalue weighted by molar-refractivity contribution is 0.0989. The molecule has 0 bridgehead atoms. The Morgan fingerprint density at radius 1 is 0.828 bits per heavy atom. The van der Waals surface area contributed by atoms with Crippen molar-refractivity contribution in [1.82, 2.24) is 10.2 Å². The third-order valence-corrected chi connectivity index (χ3v) is 5.69. The molecular weight excluding hydrogens is 380 g/mol. The molecule has 0 aliphatic rings. The van der Waals surface area contributed by atoms with Crippen molar-refractivity contribution >= 4 is 17.5 Å². The molecule has 4 nitrogen and oxygen atoms in total. The van der Waals surface area contributed by atoms with Gasteiger partial charge in [0.1, 0.15) is 5.25 Å². The van der Waals surface area contributed by atoms with E-state index in [4.69, 9.17) is 4.42 Å². The lowest BCUT2D eigenvalue weighted by atomic mass is 10.0. The van der Waals surface area contributed by atoms with Crippen molar-refractivity contribution in [3.05, 3.63) is 101 Å². The van der Waals surface area contributed by atoms with Gasteiger partial charge in [0.05, 0.1) is 0 Å². The minimum absolute atomic E-state index is 0.0123. The third kappa shape index (κ3) is 4.46. The van der Waals surface area contributed by atoms with Crippen molar-refractivity contribution in [2.45, 2.75) is 24.3 Å². The highest BCUT2D eigenvalue weighted by Gasteiger charge is 2.26. The van der Waals surface area contributed by atoms with E-state index in [0.717, 1.165) is 22.3 Å². The lowest BCUT2D eigenvalue weighted by Gasteiger charge is -2.14. The molecule has 0 N–H and O–H groups in total. The monoisotopic (exact) mass is 400 g/mol. The quantitative estimate of drug-likeness (QED) is 0.290. The molecule has 0 saturated carbocycles. The summed E-state index contributed by atoms with van der Waals surface area (Å²) in [7, 11) is 0. The van der Waals surface area contributed by atoms with E-state index in [1.165, 1.54) is 11.8 Å². The number of Topliss-reactive ketones (excluding diaryl/α,β-unsaturated/α-hetero) is 1. The molecule has 29 heavy (non-hydrogen) atoms. The van der Waals surface area contributed by atoms with E-state index in [2.05, 4.69) is 10.2 Å². The Balaban J connectivity index is 1.65. The molecule has 5 heteroatoms. The van der Waals surface area contributed by atoms with Crippen LogP contribution in [0.5, 0.6) is 0 Å². The van der Waals surface area contributed by atoms with Crippen LogP contribution in [0, 0.1) is 13.8 Å². The molecule has 0 radical (unpaired) electrons. The molecule has 0 fully saturated rings. The summed E-state index contributed by atoms with van der Waals surface area (Å²) in [5, 5.41) is 8.20. The van der Waals surface area contributed by atoms with Gasteiger partial charge in [-0.15, -0.1) is 10.2 Å². The number of benzene rings is 3. The van der Waals surface area contributed by atoms with Crippen LogP contribution < -0.4 is 0 Å². The van der Waals surface area contributed by atoms with Gasteiger partial charge in [0.2, 0.25) is 5.89 Å². The Bertz CT molecular complexity index is 1100. The molecule has 0 unspecified atom stereocenters. The predicted octanol–water partition coefficient (Wildman–Crippen LogP) is 6.07. The Hall–Kier alpha value is -3.18. The minimum Gasteiger partial charge on any atom is -0.411 e. The van der Waals surface area contributed by atoms with Crippen molar-refractivity contribution < 1.29 is 9.21 Å². The molecule has 4 rings (SSSR count). The number of hydrogen-bond donors (Lipinski definition) is 0. The van der Waals surface area contributed by atoms with E-state index in [9.17, 15) is 4.79 Å². The molecule has 0 saturated heterocycles. The summed E-state index contributed by atoms with van der Waals surface area (Å²) in [6, 6.07) is 25.2. The fourth-order valence-electron chi connectivity index (χ4n) is 2.94. The summed E-state index contributed by atoms with van der Waals surface area (Å²) in [5.41, 5.74) is 4.68. The zero-order valence-electron chi connectivity index (χ0n) is 16.2. The zero-order chi connectivity index (χ0) is 20.2. The number of rotatable bonds is 6. The average Bonchev–Trinajstić information content (AvgIpc) is 3.22. The first-order chi connectivity index (χ1) is 14.1. The maximum absolute atomic E-state index is 13.3. The second-order valence-corrected chi connectivity index (χ2v) is 7.93. The predicted molar refractivity (Wildman–Crippen MR) is 115 cm³/mol. The average molecular weight is 401 g/mol. The van der Waals surface area contributed by atoms with Gasteiger partial charge in [0.15, 0.2) is 5.78 Å². The van der Waals surface area contributed by atoms with Crippen LogP contribution in [0.1, 0.15) is 32.3 Å². The fourth-order valence-corrected chi connectivity index (χ4v) is 3.89. The summed E-state index contributed by atoms with van der Waals surface area (Å²) in [4.78, 5) is 13.3. The number of hydrogen-bond acceptors (Lipinski definition) is 5. The SMILES string of the molecule is Cc1ccc(C(=O)[C@H](Sc2nnc(-c3ccccc3)o2)c2ccc(C)cc2)cc1. The molecule has 4 aromatic rings. The number of carbonyl (C=O) groups excluding carboxylic acids is 1.